The number of methoxy groups -OCH3 is 2. The Balaban J connectivity index is 1.64. The Bertz CT molecular complexity index is 1190. The number of benzene rings is 2. The van der Waals surface area contributed by atoms with E-state index in [4.69, 9.17) is 9.47 Å². The number of carbonyl (C=O) groups is 1. The van der Waals surface area contributed by atoms with Crippen molar-refractivity contribution in [1.29, 1.82) is 0 Å². The Kier molecular flexibility index (Phi) is 7.24. The van der Waals surface area contributed by atoms with Gasteiger partial charge in [-0.15, -0.1) is 11.3 Å². The van der Waals surface area contributed by atoms with Crippen molar-refractivity contribution < 1.29 is 19.4 Å². The maximum atomic E-state index is 13.8. The van der Waals surface area contributed by atoms with E-state index in [1.54, 1.807) is 48.7 Å². The van der Waals surface area contributed by atoms with Crippen LogP contribution in [0.4, 0.5) is 0 Å². The predicted octanol–water partition coefficient (Wildman–Crippen LogP) is 5.34. The van der Waals surface area contributed by atoms with Gasteiger partial charge in [0.1, 0.15) is 5.69 Å². The van der Waals surface area contributed by atoms with E-state index in [9.17, 15) is 9.90 Å². The van der Waals surface area contributed by atoms with Gasteiger partial charge < -0.3 is 19.5 Å². The fourth-order valence-electron chi connectivity index (χ4n) is 4.13. The van der Waals surface area contributed by atoms with Gasteiger partial charge in [-0.2, -0.15) is 0 Å². The molecule has 1 unspecified atom stereocenters. The van der Waals surface area contributed by atoms with Gasteiger partial charge in [0.05, 0.1) is 36.8 Å². The van der Waals surface area contributed by atoms with Crippen LogP contribution in [-0.2, 0) is 0 Å². The van der Waals surface area contributed by atoms with Gasteiger partial charge >= 0.3 is 0 Å². The molecule has 1 aromatic heterocycles. The van der Waals surface area contributed by atoms with Crippen LogP contribution in [0.3, 0.4) is 0 Å². The first-order valence-corrected chi connectivity index (χ1v) is 12.4. The van der Waals surface area contributed by atoms with Crippen molar-refractivity contribution in [2.75, 3.05) is 27.3 Å². The number of ether oxygens (including phenoxy) is 2. The second kappa shape index (κ2) is 10.2. The molecule has 1 heterocycles. The number of aromatic nitrogens is 1. The molecule has 1 saturated carbocycles. The average Bonchev–Trinajstić information content (AvgIpc) is 3.57. The lowest BCUT2D eigenvalue weighted by atomic mass is 10.0. The van der Waals surface area contributed by atoms with Crippen LogP contribution in [0.5, 0.6) is 11.5 Å². The summed E-state index contributed by atoms with van der Waals surface area (Å²) < 4.78 is 10.7. The first kappa shape index (κ1) is 24.2. The molecule has 6 nitrogen and oxygen atoms in total. The third-order valence-corrected chi connectivity index (χ3v) is 7.44. The molecule has 1 aliphatic rings. The lowest BCUT2D eigenvalue weighted by molar-refractivity contribution is 0.0606. The highest BCUT2D eigenvalue weighted by Gasteiger charge is 2.31. The lowest BCUT2D eigenvalue weighted by Gasteiger charge is -2.26. The van der Waals surface area contributed by atoms with Gasteiger partial charge in [-0.1, -0.05) is 24.3 Å². The zero-order valence-corrected chi connectivity index (χ0v) is 21.2. The molecule has 4 rings (SSSR count). The Morgan fingerprint density at radius 2 is 1.88 bits per heavy atom. The van der Waals surface area contributed by atoms with Crippen molar-refractivity contribution in [3.63, 3.8) is 0 Å². The van der Waals surface area contributed by atoms with Crippen molar-refractivity contribution >= 4 is 17.2 Å². The first-order chi connectivity index (χ1) is 16.3. The van der Waals surface area contributed by atoms with Crippen molar-refractivity contribution in [3.8, 4) is 21.9 Å². The summed E-state index contributed by atoms with van der Waals surface area (Å²) in [5.41, 5.74) is 4.52. The second-order valence-corrected chi connectivity index (χ2v) is 10.1. The van der Waals surface area contributed by atoms with Crippen LogP contribution in [0.15, 0.2) is 36.4 Å². The number of hydrogen-bond acceptors (Lipinski definition) is 6. The highest BCUT2D eigenvalue weighted by molar-refractivity contribution is 7.15. The Morgan fingerprint density at radius 1 is 1.15 bits per heavy atom. The zero-order valence-electron chi connectivity index (χ0n) is 20.4. The average molecular weight is 481 g/mol. The van der Waals surface area contributed by atoms with Crippen molar-refractivity contribution in [2.45, 2.75) is 39.7 Å². The van der Waals surface area contributed by atoms with E-state index in [1.807, 2.05) is 13.0 Å². The summed E-state index contributed by atoms with van der Waals surface area (Å²) in [7, 11) is 3.14. The molecule has 34 heavy (non-hydrogen) atoms. The molecule has 1 fully saturated rings. The summed E-state index contributed by atoms with van der Waals surface area (Å²) in [5.74, 6) is 1.49. The third kappa shape index (κ3) is 5.10. The fraction of sp³-hybridized carbons (Fsp3) is 0.407. The molecule has 1 atom stereocenters. The van der Waals surface area contributed by atoms with Crippen molar-refractivity contribution in [3.05, 3.63) is 63.8 Å². The van der Waals surface area contributed by atoms with Gasteiger partial charge in [0.25, 0.3) is 5.91 Å². The standard InChI is InChI=1S/C27H32N2O4S/c1-16-7-6-8-21(17(16)2)26-25(28-18(3)34-26)27(31)29(14-19-9-10-19)15-22(30)20-11-12-23(32-4)24(13-20)33-5/h6-8,11-13,19,22,30H,9-10,14-15H2,1-5H3. The van der Waals surface area contributed by atoms with E-state index in [2.05, 4.69) is 31.0 Å². The summed E-state index contributed by atoms with van der Waals surface area (Å²) in [5, 5.41) is 11.9. The molecule has 0 saturated heterocycles. The van der Waals surface area contributed by atoms with Crippen LogP contribution in [-0.4, -0.2) is 48.2 Å². The van der Waals surface area contributed by atoms with Crippen molar-refractivity contribution in [1.82, 2.24) is 9.88 Å². The van der Waals surface area contributed by atoms with E-state index in [0.29, 0.717) is 35.2 Å². The van der Waals surface area contributed by atoms with Gasteiger partial charge in [-0.25, -0.2) is 4.98 Å². The SMILES string of the molecule is COc1ccc(C(O)CN(CC2CC2)C(=O)c2nc(C)sc2-c2cccc(C)c2C)cc1OC. The smallest absolute Gasteiger partial charge is 0.274 e. The van der Waals surface area contributed by atoms with Gasteiger partial charge in [-0.05, 0) is 73.9 Å². The number of aliphatic hydroxyl groups is 1. The van der Waals surface area contributed by atoms with Crippen LogP contribution < -0.4 is 9.47 Å². The third-order valence-electron chi connectivity index (χ3n) is 6.43. The molecular formula is C27H32N2O4S. The molecule has 0 bridgehead atoms. The van der Waals surface area contributed by atoms with Crippen LogP contribution in [0, 0.1) is 26.7 Å². The molecule has 2 aromatic carbocycles. The van der Waals surface area contributed by atoms with E-state index in [-0.39, 0.29) is 12.5 Å². The fourth-order valence-corrected chi connectivity index (χ4v) is 5.12. The van der Waals surface area contributed by atoms with E-state index in [1.165, 1.54) is 5.56 Å². The normalized spacial score (nSPS) is 14.1. The maximum Gasteiger partial charge on any atom is 0.274 e. The Labute approximate surface area is 205 Å². The maximum absolute atomic E-state index is 13.8. The number of aryl methyl sites for hydroxylation is 2. The molecule has 180 valence electrons. The van der Waals surface area contributed by atoms with Gasteiger partial charge in [0, 0.05) is 6.54 Å². The molecule has 3 aromatic rings. The van der Waals surface area contributed by atoms with Gasteiger partial charge in [0.15, 0.2) is 11.5 Å². The predicted molar refractivity (Wildman–Crippen MR) is 135 cm³/mol. The van der Waals surface area contributed by atoms with E-state index >= 15 is 0 Å². The molecule has 1 amide bonds. The summed E-state index contributed by atoms with van der Waals surface area (Å²) in [6.45, 7) is 6.89. The van der Waals surface area contributed by atoms with E-state index < -0.39 is 6.10 Å². The molecule has 1 aliphatic carbocycles. The topological polar surface area (TPSA) is 71.9 Å². The summed E-state index contributed by atoms with van der Waals surface area (Å²) >= 11 is 1.54. The minimum Gasteiger partial charge on any atom is -0.493 e. The lowest BCUT2D eigenvalue weighted by Crippen LogP contribution is -2.37. The summed E-state index contributed by atoms with van der Waals surface area (Å²) in [6, 6.07) is 11.5. The quantitative estimate of drug-likeness (QED) is 0.448. The van der Waals surface area contributed by atoms with Gasteiger partial charge in [0.2, 0.25) is 0 Å². The van der Waals surface area contributed by atoms with Crippen LogP contribution in [0.1, 0.15) is 51.1 Å². The Hall–Kier alpha value is -2.90. The minimum atomic E-state index is -0.855. The monoisotopic (exact) mass is 480 g/mol. The summed E-state index contributed by atoms with van der Waals surface area (Å²) in [4.78, 5) is 21.1. The minimum absolute atomic E-state index is 0.133. The molecule has 0 spiro atoms. The second-order valence-electron chi connectivity index (χ2n) is 8.94. The number of nitrogens with zero attached hydrogens (tertiary/aromatic N) is 2. The van der Waals surface area contributed by atoms with Gasteiger partial charge in [-0.3, -0.25) is 4.79 Å². The van der Waals surface area contributed by atoms with Crippen LogP contribution >= 0.6 is 11.3 Å². The molecular weight excluding hydrogens is 448 g/mol. The van der Waals surface area contributed by atoms with Crippen LogP contribution in [0.25, 0.3) is 10.4 Å². The number of rotatable bonds is 9. The molecule has 1 N–H and O–H groups in total. The molecule has 0 aliphatic heterocycles. The van der Waals surface area contributed by atoms with E-state index in [0.717, 1.165) is 33.9 Å². The summed E-state index contributed by atoms with van der Waals surface area (Å²) in [6.07, 6.45) is 1.36. The molecule has 0 radical (unpaired) electrons. The number of hydrogen-bond donors (Lipinski definition) is 1. The van der Waals surface area contributed by atoms with Crippen LogP contribution in [0.2, 0.25) is 0 Å². The zero-order chi connectivity index (χ0) is 24.4. The number of aliphatic hydroxyl groups excluding tert-OH is 1. The first-order valence-electron chi connectivity index (χ1n) is 11.6. The number of carbonyl (C=O) groups excluding carboxylic acids is 1. The highest BCUT2D eigenvalue weighted by Crippen LogP contribution is 2.36. The molecule has 7 heteroatoms. The highest BCUT2D eigenvalue weighted by atomic mass is 32.1. The van der Waals surface area contributed by atoms with Crippen molar-refractivity contribution in [2.24, 2.45) is 5.92 Å². The number of amides is 1. The largest absolute Gasteiger partial charge is 0.493 e. The number of thiazole rings is 1. The Morgan fingerprint density at radius 3 is 2.56 bits per heavy atom.